The zero-order valence-electron chi connectivity index (χ0n) is 17.9. The third kappa shape index (κ3) is 7.96. The summed E-state index contributed by atoms with van der Waals surface area (Å²) in [5, 5.41) is 0.357. The molecule has 3 aromatic rings. The van der Waals surface area contributed by atoms with E-state index in [4.69, 9.17) is 13.9 Å². The van der Waals surface area contributed by atoms with E-state index in [1.54, 1.807) is 6.07 Å². The van der Waals surface area contributed by atoms with E-state index < -0.39 is 21.9 Å². The molecule has 0 aliphatic rings. The lowest BCUT2D eigenvalue weighted by Gasteiger charge is -2.18. The highest BCUT2D eigenvalue weighted by Gasteiger charge is 2.23. The fourth-order valence-electron chi connectivity index (χ4n) is 2.98. The van der Waals surface area contributed by atoms with Crippen LogP contribution in [0.1, 0.15) is 25.3 Å². The van der Waals surface area contributed by atoms with Crippen LogP contribution in [0.25, 0.3) is 11.1 Å². The number of rotatable bonds is 13. The molecule has 0 bridgehead atoms. The van der Waals surface area contributed by atoms with Crippen LogP contribution in [0.5, 0.6) is 0 Å². The zero-order valence-corrected chi connectivity index (χ0v) is 19.6. The van der Waals surface area contributed by atoms with Gasteiger partial charge in [-0.15, -0.1) is 0 Å². The molecule has 1 aromatic heterocycles. The standard InChI is InChI=1S/C23H27NO6S2/c1-2-3-13-32(26,27)17-19(15-28-14-18-9-5-4-6-10-18)29-22(25)16-31-23-24-20-11-7-8-12-21(20)30-23/h4-12,19H,2-3,13-17H2,1H3. The van der Waals surface area contributed by atoms with Gasteiger partial charge in [0.1, 0.15) is 17.4 Å². The second kappa shape index (κ2) is 12.0. The topological polar surface area (TPSA) is 95.7 Å². The van der Waals surface area contributed by atoms with Gasteiger partial charge in [-0.25, -0.2) is 13.4 Å². The first kappa shape index (κ1) is 24.3. The average molecular weight is 478 g/mol. The van der Waals surface area contributed by atoms with Gasteiger partial charge in [0.15, 0.2) is 15.4 Å². The Morgan fingerprint density at radius 2 is 1.88 bits per heavy atom. The molecule has 1 unspecified atom stereocenters. The minimum Gasteiger partial charge on any atom is -0.458 e. The normalized spacial score (nSPS) is 12.7. The molecule has 0 amide bonds. The second-order valence-electron chi connectivity index (χ2n) is 7.32. The van der Waals surface area contributed by atoms with E-state index in [2.05, 4.69) is 4.98 Å². The number of esters is 1. The predicted molar refractivity (Wildman–Crippen MR) is 124 cm³/mol. The van der Waals surface area contributed by atoms with Gasteiger partial charge in [0.2, 0.25) is 0 Å². The molecule has 2 aromatic carbocycles. The molecule has 0 aliphatic carbocycles. The van der Waals surface area contributed by atoms with Gasteiger partial charge in [0.05, 0.1) is 24.7 Å². The van der Waals surface area contributed by atoms with Crippen molar-refractivity contribution in [1.82, 2.24) is 4.98 Å². The van der Waals surface area contributed by atoms with Crippen molar-refractivity contribution in [2.45, 2.75) is 37.7 Å². The van der Waals surface area contributed by atoms with Crippen molar-refractivity contribution < 1.29 is 27.1 Å². The molecule has 1 atom stereocenters. The summed E-state index contributed by atoms with van der Waals surface area (Å²) in [6.07, 6.45) is 0.467. The predicted octanol–water partition coefficient (Wildman–Crippen LogP) is 4.26. The van der Waals surface area contributed by atoms with Gasteiger partial charge in [-0.05, 0) is 24.1 Å². The first-order valence-corrected chi connectivity index (χ1v) is 13.3. The number of para-hydroxylation sites is 2. The molecule has 0 radical (unpaired) electrons. The highest BCUT2D eigenvalue weighted by molar-refractivity contribution is 7.99. The van der Waals surface area contributed by atoms with Crippen molar-refractivity contribution in [3.63, 3.8) is 0 Å². The fourth-order valence-corrected chi connectivity index (χ4v) is 5.23. The van der Waals surface area contributed by atoms with Gasteiger partial charge in [-0.2, -0.15) is 0 Å². The number of hydrogen-bond acceptors (Lipinski definition) is 8. The molecule has 1 heterocycles. The number of ether oxygens (including phenoxy) is 2. The van der Waals surface area contributed by atoms with Crippen LogP contribution >= 0.6 is 11.8 Å². The first-order valence-electron chi connectivity index (χ1n) is 10.4. The van der Waals surface area contributed by atoms with Gasteiger partial charge in [0, 0.05) is 0 Å². The molecule has 3 rings (SSSR count). The Morgan fingerprint density at radius 3 is 2.62 bits per heavy atom. The minimum absolute atomic E-state index is 0.000453. The number of sulfone groups is 1. The molecule has 9 heteroatoms. The van der Waals surface area contributed by atoms with Crippen molar-refractivity contribution in [2.24, 2.45) is 0 Å². The van der Waals surface area contributed by atoms with Crippen LogP contribution in [0.2, 0.25) is 0 Å². The number of unbranched alkanes of at least 4 members (excludes halogenated alkanes) is 1. The van der Waals surface area contributed by atoms with Crippen LogP contribution in [0.3, 0.4) is 0 Å². The van der Waals surface area contributed by atoms with E-state index in [-0.39, 0.29) is 23.9 Å². The number of aromatic nitrogens is 1. The Bertz CT molecular complexity index is 1060. The lowest BCUT2D eigenvalue weighted by Crippen LogP contribution is -2.32. The molecule has 0 spiro atoms. The van der Waals surface area contributed by atoms with Crippen LogP contribution < -0.4 is 0 Å². The lowest BCUT2D eigenvalue weighted by atomic mass is 10.2. The quantitative estimate of drug-likeness (QED) is 0.266. The average Bonchev–Trinajstić information content (AvgIpc) is 3.20. The van der Waals surface area contributed by atoms with Gasteiger partial charge >= 0.3 is 5.97 Å². The van der Waals surface area contributed by atoms with Crippen molar-refractivity contribution >= 4 is 38.7 Å². The maximum atomic E-state index is 12.4. The number of carbonyl (C=O) groups is 1. The summed E-state index contributed by atoms with van der Waals surface area (Å²) in [6.45, 7) is 2.24. The van der Waals surface area contributed by atoms with E-state index in [0.717, 1.165) is 23.7 Å². The second-order valence-corrected chi connectivity index (χ2v) is 10.5. The Morgan fingerprint density at radius 1 is 1.12 bits per heavy atom. The summed E-state index contributed by atoms with van der Waals surface area (Å²) < 4.78 is 41.5. The summed E-state index contributed by atoms with van der Waals surface area (Å²) in [7, 11) is -3.36. The maximum absolute atomic E-state index is 12.4. The van der Waals surface area contributed by atoms with Crippen molar-refractivity contribution in [1.29, 1.82) is 0 Å². The summed E-state index contributed by atoms with van der Waals surface area (Å²) in [5.41, 5.74) is 2.30. The van der Waals surface area contributed by atoms with E-state index in [0.29, 0.717) is 29.4 Å². The molecule has 0 fully saturated rings. The molecule has 0 N–H and O–H groups in total. The summed E-state index contributed by atoms with van der Waals surface area (Å²) >= 11 is 1.11. The van der Waals surface area contributed by atoms with Crippen molar-refractivity contribution in [3.8, 4) is 0 Å². The Hall–Kier alpha value is -2.36. The third-order valence-corrected chi connectivity index (χ3v) is 7.14. The molecular formula is C23H27NO6S2. The number of benzene rings is 2. The van der Waals surface area contributed by atoms with Gasteiger partial charge in [-0.1, -0.05) is 67.6 Å². The summed E-state index contributed by atoms with van der Waals surface area (Å²) in [6, 6.07) is 16.8. The smallest absolute Gasteiger partial charge is 0.316 e. The molecular weight excluding hydrogens is 450 g/mol. The molecule has 0 aliphatic heterocycles. The number of hydrogen-bond donors (Lipinski definition) is 0. The molecule has 32 heavy (non-hydrogen) atoms. The van der Waals surface area contributed by atoms with E-state index in [1.807, 2.05) is 55.5 Å². The Balaban J connectivity index is 1.55. The largest absolute Gasteiger partial charge is 0.458 e. The van der Waals surface area contributed by atoms with Crippen LogP contribution in [0.15, 0.2) is 64.2 Å². The van der Waals surface area contributed by atoms with Gasteiger partial charge < -0.3 is 13.9 Å². The SMILES string of the molecule is CCCCS(=O)(=O)CC(COCc1ccccc1)OC(=O)CSc1nc2ccccc2o1. The van der Waals surface area contributed by atoms with Crippen molar-refractivity contribution in [2.75, 3.05) is 23.9 Å². The van der Waals surface area contributed by atoms with E-state index >= 15 is 0 Å². The highest BCUT2D eigenvalue weighted by atomic mass is 32.2. The van der Waals surface area contributed by atoms with E-state index in [1.165, 1.54) is 0 Å². The van der Waals surface area contributed by atoms with Crippen LogP contribution in [0, 0.1) is 0 Å². The Labute approximate surface area is 192 Å². The summed E-state index contributed by atoms with van der Waals surface area (Å²) in [4.78, 5) is 16.7. The fraction of sp³-hybridized carbons (Fsp3) is 0.391. The number of oxazole rings is 1. The van der Waals surface area contributed by atoms with Crippen LogP contribution in [-0.2, 0) is 30.7 Å². The number of nitrogens with zero attached hydrogens (tertiary/aromatic N) is 1. The molecule has 172 valence electrons. The van der Waals surface area contributed by atoms with Crippen molar-refractivity contribution in [3.05, 3.63) is 60.2 Å². The minimum atomic E-state index is -3.36. The molecule has 0 saturated heterocycles. The first-order chi connectivity index (χ1) is 15.4. The number of thioether (sulfide) groups is 1. The monoisotopic (exact) mass is 477 g/mol. The highest BCUT2D eigenvalue weighted by Crippen LogP contribution is 2.23. The summed E-state index contributed by atoms with van der Waals surface area (Å²) in [5.74, 6) is -0.789. The van der Waals surface area contributed by atoms with Crippen LogP contribution in [-0.4, -0.2) is 49.3 Å². The van der Waals surface area contributed by atoms with Crippen LogP contribution in [0.4, 0.5) is 0 Å². The third-order valence-electron chi connectivity index (χ3n) is 4.55. The van der Waals surface area contributed by atoms with Gasteiger partial charge in [-0.3, -0.25) is 4.79 Å². The number of carbonyl (C=O) groups excluding carboxylic acids is 1. The Kier molecular flexibility index (Phi) is 9.13. The van der Waals surface area contributed by atoms with E-state index in [9.17, 15) is 13.2 Å². The lowest BCUT2D eigenvalue weighted by molar-refractivity contribution is -0.147. The molecule has 7 nitrogen and oxygen atoms in total. The maximum Gasteiger partial charge on any atom is 0.316 e. The van der Waals surface area contributed by atoms with Gasteiger partial charge in [0.25, 0.3) is 5.22 Å². The number of fused-ring (bicyclic) bond motifs is 1. The zero-order chi connectivity index (χ0) is 22.8. The molecule has 0 saturated carbocycles.